The van der Waals surface area contributed by atoms with Crippen LogP contribution in [0.3, 0.4) is 0 Å². The zero-order chi connectivity index (χ0) is 11.0. The van der Waals surface area contributed by atoms with Crippen LogP contribution in [0.5, 0.6) is 0 Å². The van der Waals surface area contributed by atoms with Crippen LogP contribution in [0, 0.1) is 0 Å². The molecule has 0 spiro atoms. The molecule has 4 heteroatoms. The smallest absolute Gasteiger partial charge is 0.334 e. The maximum atomic E-state index is 11.2. The van der Waals surface area contributed by atoms with Gasteiger partial charge in [-0.1, -0.05) is 41.9 Å². The summed E-state index contributed by atoms with van der Waals surface area (Å²) in [5, 5.41) is 0.898. The summed E-state index contributed by atoms with van der Waals surface area (Å²) in [4.78, 5) is 11.2. The van der Waals surface area contributed by atoms with Crippen molar-refractivity contribution in [2.24, 2.45) is 0 Å². The summed E-state index contributed by atoms with van der Waals surface area (Å²) in [7, 11) is 0. The minimum absolute atomic E-state index is 0.351. The molecule has 1 aliphatic heterocycles. The van der Waals surface area contributed by atoms with E-state index in [9.17, 15) is 4.79 Å². The standard InChI is InChI=1S/C11H8Cl2O2/c1-6-5-9(15-11(6)14)7-3-2-4-8(12)10(7)13/h2-4,9H,1,5H2. The van der Waals surface area contributed by atoms with Crippen molar-refractivity contribution in [3.63, 3.8) is 0 Å². The Morgan fingerprint density at radius 1 is 1.40 bits per heavy atom. The van der Waals surface area contributed by atoms with Crippen LogP contribution in [0.1, 0.15) is 18.1 Å². The predicted molar refractivity (Wildman–Crippen MR) is 59.1 cm³/mol. The van der Waals surface area contributed by atoms with E-state index in [2.05, 4.69) is 6.58 Å². The first-order chi connectivity index (χ1) is 7.09. The number of esters is 1. The van der Waals surface area contributed by atoms with Crippen LogP contribution in [0.4, 0.5) is 0 Å². The summed E-state index contributed by atoms with van der Waals surface area (Å²) in [5.41, 5.74) is 1.20. The highest BCUT2D eigenvalue weighted by atomic mass is 35.5. The van der Waals surface area contributed by atoms with Crippen LogP contribution in [-0.2, 0) is 9.53 Å². The van der Waals surface area contributed by atoms with Gasteiger partial charge in [0.1, 0.15) is 6.10 Å². The maximum absolute atomic E-state index is 11.2. The first-order valence-electron chi connectivity index (χ1n) is 4.42. The molecule has 1 unspecified atom stereocenters. The van der Waals surface area contributed by atoms with E-state index >= 15 is 0 Å². The zero-order valence-corrected chi connectivity index (χ0v) is 9.31. The van der Waals surface area contributed by atoms with Gasteiger partial charge in [-0.15, -0.1) is 0 Å². The van der Waals surface area contributed by atoms with Gasteiger partial charge in [-0.05, 0) is 6.07 Å². The Morgan fingerprint density at radius 2 is 2.13 bits per heavy atom. The molecule has 1 fully saturated rings. The molecule has 1 saturated heterocycles. The number of cyclic esters (lactones) is 1. The molecule has 0 aliphatic carbocycles. The Bertz CT molecular complexity index is 424. The third kappa shape index (κ3) is 1.87. The van der Waals surface area contributed by atoms with Crippen molar-refractivity contribution < 1.29 is 9.53 Å². The van der Waals surface area contributed by atoms with Gasteiger partial charge in [0.05, 0.1) is 10.0 Å². The lowest BCUT2D eigenvalue weighted by Crippen LogP contribution is -1.99. The fourth-order valence-electron chi connectivity index (χ4n) is 1.50. The van der Waals surface area contributed by atoms with E-state index in [1.54, 1.807) is 18.2 Å². The van der Waals surface area contributed by atoms with E-state index in [1.165, 1.54) is 0 Å². The molecule has 1 aromatic carbocycles. The molecule has 0 aromatic heterocycles. The number of carbonyl (C=O) groups excluding carboxylic acids is 1. The number of halogens is 2. The molecular weight excluding hydrogens is 235 g/mol. The molecular formula is C11H8Cl2O2. The van der Waals surface area contributed by atoms with Crippen molar-refractivity contribution >= 4 is 29.2 Å². The van der Waals surface area contributed by atoms with Crippen LogP contribution in [0.25, 0.3) is 0 Å². The highest BCUT2D eigenvalue weighted by Gasteiger charge is 2.30. The van der Waals surface area contributed by atoms with Crippen LogP contribution in [-0.4, -0.2) is 5.97 Å². The quantitative estimate of drug-likeness (QED) is 0.557. The minimum atomic E-state index is -0.365. The van der Waals surface area contributed by atoms with Gasteiger partial charge in [0.2, 0.25) is 0 Å². The van der Waals surface area contributed by atoms with E-state index in [0.29, 0.717) is 22.0 Å². The van der Waals surface area contributed by atoms with E-state index in [1.807, 2.05) is 0 Å². The largest absolute Gasteiger partial charge is 0.454 e. The van der Waals surface area contributed by atoms with Gasteiger partial charge in [-0.25, -0.2) is 4.79 Å². The van der Waals surface area contributed by atoms with E-state index in [-0.39, 0.29) is 12.1 Å². The molecule has 0 saturated carbocycles. The second kappa shape index (κ2) is 3.87. The minimum Gasteiger partial charge on any atom is -0.454 e. The summed E-state index contributed by atoms with van der Waals surface area (Å²) in [6.07, 6.45) is 0.120. The van der Waals surface area contributed by atoms with E-state index in [4.69, 9.17) is 27.9 Å². The highest BCUT2D eigenvalue weighted by Crippen LogP contribution is 2.38. The molecule has 15 heavy (non-hydrogen) atoms. The fourth-order valence-corrected chi connectivity index (χ4v) is 1.93. The van der Waals surface area contributed by atoms with Gasteiger partial charge >= 0.3 is 5.97 Å². The Kier molecular flexibility index (Phi) is 2.72. The first kappa shape index (κ1) is 10.5. The van der Waals surface area contributed by atoms with Gasteiger partial charge in [-0.3, -0.25) is 0 Å². The molecule has 0 amide bonds. The number of ether oxygens (including phenoxy) is 1. The molecule has 78 valence electrons. The van der Waals surface area contributed by atoms with Crippen molar-refractivity contribution in [3.8, 4) is 0 Å². The second-order valence-electron chi connectivity index (χ2n) is 3.34. The number of hydrogen-bond donors (Lipinski definition) is 0. The number of carbonyl (C=O) groups is 1. The SMILES string of the molecule is C=C1CC(c2cccc(Cl)c2Cl)OC1=O. The average molecular weight is 243 g/mol. The first-order valence-corrected chi connectivity index (χ1v) is 5.18. The molecule has 2 rings (SSSR count). The normalized spacial score (nSPS) is 20.5. The molecule has 0 radical (unpaired) electrons. The summed E-state index contributed by atoms with van der Waals surface area (Å²) < 4.78 is 5.11. The third-order valence-corrected chi connectivity index (χ3v) is 3.13. The maximum Gasteiger partial charge on any atom is 0.334 e. The van der Waals surface area contributed by atoms with Crippen molar-refractivity contribution in [3.05, 3.63) is 46.0 Å². The van der Waals surface area contributed by atoms with Crippen molar-refractivity contribution in [1.29, 1.82) is 0 Å². The Balaban J connectivity index is 2.35. The van der Waals surface area contributed by atoms with Crippen molar-refractivity contribution in [2.45, 2.75) is 12.5 Å². The Morgan fingerprint density at radius 3 is 2.73 bits per heavy atom. The molecule has 1 atom stereocenters. The van der Waals surface area contributed by atoms with Gasteiger partial charge in [0.25, 0.3) is 0 Å². The molecule has 0 bridgehead atoms. The Hall–Kier alpha value is -0.990. The monoisotopic (exact) mass is 242 g/mol. The van der Waals surface area contributed by atoms with Gasteiger partial charge in [-0.2, -0.15) is 0 Å². The summed E-state index contributed by atoms with van der Waals surface area (Å²) in [6, 6.07) is 5.27. The lowest BCUT2D eigenvalue weighted by atomic mass is 10.1. The highest BCUT2D eigenvalue weighted by molar-refractivity contribution is 6.42. The Labute approximate surface area is 97.4 Å². The lowest BCUT2D eigenvalue weighted by Gasteiger charge is -2.11. The van der Waals surface area contributed by atoms with Crippen molar-refractivity contribution in [1.82, 2.24) is 0 Å². The van der Waals surface area contributed by atoms with Gasteiger partial charge in [0.15, 0.2) is 0 Å². The molecule has 2 nitrogen and oxygen atoms in total. The molecule has 0 N–H and O–H groups in total. The van der Waals surface area contributed by atoms with E-state index < -0.39 is 0 Å². The summed E-state index contributed by atoms with van der Waals surface area (Å²) in [5.74, 6) is -0.365. The van der Waals surface area contributed by atoms with Crippen LogP contribution in [0.15, 0.2) is 30.4 Å². The average Bonchev–Trinajstić information content (AvgIpc) is 2.51. The third-order valence-electron chi connectivity index (χ3n) is 2.30. The zero-order valence-electron chi connectivity index (χ0n) is 7.80. The summed E-state index contributed by atoms with van der Waals surface area (Å²) >= 11 is 11.9. The van der Waals surface area contributed by atoms with E-state index in [0.717, 1.165) is 5.56 Å². The lowest BCUT2D eigenvalue weighted by molar-refractivity contribution is -0.139. The predicted octanol–water partition coefficient (Wildman–Crippen LogP) is 3.54. The number of benzene rings is 1. The van der Waals surface area contributed by atoms with Crippen LogP contribution >= 0.6 is 23.2 Å². The van der Waals surface area contributed by atoms with Gasteiger partial charge in [0, 0.05) is 17.6 Å². The summed E-state index contributed by atoms with van der Waals surface area (Å²) in [6.45, 7) is 3.61. The van der Waals surface area contributed by atoms with Crippen LogP contribution < -0.4 is 0 Å². The number of rotatable bonds is 1. The molecule has 1 heterocycles. The topological polar surface area (TPSA) is 26.3 Å². The fraction of sp³-hybridized carbons (Fsp3) is 0.182. The van der Waals surface area contributed by atoms with Crippen molar-refractivity contribution in [2.75, 3.05) is 0 Å². The molecule has 1 aromatic rings. The van der Waals surface area contributed by atoms with Crippen LogP contribution in [0.2, 0.25) is 10.0 Å². The molecule has 1 aliphatic rings. The van der Waals surface area contributed by atoms with Gasteiger partial charge < -0.3 is 4.74 Å². The second-order valence-corrected chi connectivity index (χ2v) is 4.13. The number of hydrogen-bond acceptors (Lipinski definition) is 2.